The van der Waals surface area contributed by atoms with Crippen LogP contribution in [-0.2, 0) is 9.59 Å². The molecule has 3 heteroatoms. The molecular formula is C19H15NO2. The summed E-state index contributed by atoms with van der Waals surface area (Å²) < 4.78 is 0. The van der Waals surface area contributed by atoms with Crippen molar-refractivity contribution in [3.63, 3.8) is 0 Å². The van der Waals surface area contributed by atoms with Crippen molar-refractivity contribution in [3.8, 4) is 0 Å². The van der Waals surface area contributed by atoms with Crippen LogP contribution in [0.3, 0.4) is 0 Å². The zero-order valence-electron chi connectivity index (χ0n) is 12.0. The van der Waals surface area contributed by atoms with Crippen LogP contribution in [0.2, 0.25) is 0 Å². The SMILES string of the molecule is O=C1[C@H]2[C@H](C(=O)N1c1cccc3ccccc13)[C@@H]1C=C[C@@H]2C1. The second-order valence-electron chi connectivity index (χ2n) is 6.51. The van der Waals surface area contributed by atoms with E-state index in [-0.39, 0.29) is 35.5 Å². The molecule has 1 aliphatic heterocycles. The average molecular weight is 289 g/mol. The van der Waals surface area contributed by atoms with Crippen molar-refractivity contribution in [1.29, 1.82) is 0 Å². The van der Waals surface area contributed by atoms with Crippen molar-refractivity contribution in [3.05, 3.63) is 54.6 Å². The van der Waals surface area contributed by atoms with Crippen LogP contribution in [0.15, 0.2) is 54.6 Å². The zero-order chi connectivity index (χ0) is 14.8. The van der Waals surface area contributed by atoms with Crippen LogP contribution in [-0.4, -0.2) is 11.8 Å². The van der Waals surface area contributed by atoms with Crippen LogP contribution in [0, 0.1) is 23.7 Å². The van der Waals surface area contributed by atoms with E-state index in [2.05, 4.69) is 12.2 Å². The second-order valence-corrected chi connectivity index (χ2v) is 6.51. The summed E-state index contributed by atoms with van der Waals surface area (Å²) in [5.41, 5.74) is 0.738. The maximum absolute atomic E-state index is 12.9. The molecule has 0 spiro atoms. The van der Waals surface area contributed by atoms with Gasteiger partial charge in [-0.25, -0.2) is 4.90 Å². The molecule has 4 atom stereocenters. The normalized spacial score (nSPS) is 32.3. The highest BCUT2D eigenvalue weighted by atomic mass is 16.2. The largest absolute Gasteiger partial charge is 0.274 e. The molecule has 22 heavy (non-hydrogen) atoms. The number of carbonyl (C=O) groups excluding carboxylic acids is 2. The summed E-state index contributed by atoms with van der Waals surface area (Å²) in [6, 6.07) is 13.7. The molecule has 1 saturated heterocycles. The van der Waals surface area contributed by atoms with E-state index >= 15 is 0 Å². The highest BCUT2D eigenvalue weighted by Crippen LogP contribution is 2.53. The number of carbonyl (C=O) groups is 2. The fourth-order valence-electron chi connectivity index (χ4n) is 4.54. The first kappa shape index (κ1) is 12.2. The molecule has 2 fully saturated rings. The van der Waals surface area contributed by atoms with Crippen molar-refractivity contribution in [2.75, 3.05) is 4.90 Å². The molecule has 0 aromatic heterocycles. The summed E-state index contributed by atoms with van der Waals surface area (Å²) in [7, 11) is 0. The van der Waals surface area contributed by atoms with E-state index in [9.17, 15) is 9.59 Å². The van der Waals surface area contributed by atoms with Crippen molar-refractivity contribution < 1.29 is 9.59 Å². The van der Waals surface area contributed by atoms with E-state index < -0.39 is 0 Å². The Bertz CT molecular complexity index is 818. The fraction of sp³-hybridized carbons (Fsp3) is 0.263. The van der Waals surface area contributed by atoms with Crippen molar-refractivity contribution in [2.45, 2.75) is 6.42 Å². The molecule has 2 aromatic carbocycles. The summed E-state index contributed by atoms with van der Waals surface area (Å²) in [4.78, 5) is 27.3. The van der Waals surface area contributed by atoms with Gasteiger partial charge in [-0.3, -0.25) is 9.59 Å². The third kappa shape index (κ3) is 1.36. The predicted octanol–water partition coefficient (Wildman–Crippen LogP) is 3.15. The lowest BCUT2D eigenvalue weighted by Crippen LogP contribution is -2.33. The number of amides is 2. The van der Waals surface area contributed by atoms with Gasteiger partial charge in [0.15, 0.2) is 0 Å². The first-order chi connectivity index (χ1) is 10.8. The molecule has 5 rings (SSSR count). The molecule has 0 unspecified atom stereocenters. The van der Waals surface area contributed by atoms with Gasteiger partial charge in [0.25, 0.3) is 0 Å². The average Bonchev–Trinajstić information content (AvgIpc) is 3.21. The van der Waals surface area contributed by atoms with E-state index in [0.717, 1.165) is 22.9 Å². The molecule has 2 aromatic rings. The lowest BCUT2D eigenvalue weighted by Gasteiger charge is -2.19. The van der Waals surface area contributed by atoms with E-state index in [1.54, 1.807) is 0 Å². The number of benzene rings is 2. The second kappa shape index (κ2) is 4.07. The molecule has 3 nitrogen and oxygen atoms in total. The molecule has 108 valence electrons. The van der Waals surface area contributed by atoms with Crippen molar-refractivity contribution in [1.82, 2.24) is 0 Å². The standard InChI is InChI=1S/C19H15NO2/c21-18-16-12-8-9-13(10-12)17(16)19(22)20(18)15-7-3-5-11-4-1-2-6-14(11)15/h1-9,12-13,16-17H,10H2/t12-,13-,16-,17-/m1/s1. The van der Waals surface area contributed by atoms with Crippen LogP contribution in [0.1, 0.15) is 6.42 Å². The van der Waals surface area contributed by atoms with Gasteiger partial charge in [-0.05, 0) is 29.7 Å². The van der Waals surface area contributed by atoms with Gasteiger partial charge in [-0.2, -0.15) is 0 Å². The highest BCUT2D eigenvalue weighted by molar-refractivity contribution is 6.25. The Balaban J connectivity index is 1.67. The smallest absolute Gasteiger partial charge is 0.238 e. The minimum atomic E-state index is -0.138. The maximum Gasteiger partial charge on any atom is 0.238 e. The summed E-state index contributed by atoms with van der Waals surface area (Å²) in [6.45, 7) is 0. The summed E-state index contributed by atoms with van der Waals surface area (Å²) in [5, 5.41) is 2.02. The van der Waals surface area contributed by atoms with E-state index in [1.165, 1.54) is 4.90 Å². The van der Waals surface area contributed by atoms with Crippen molar-refractivity contribution >= 4 is 28.3 Å². The van der Waals surface area contributed by atoms with Crippen molar-refractivity contribution in [2.24, 2.45) is 23.7 Å². The van der Waals surface area contributed by atoms with Gasteiger partial charge in [-0.15, -0.1) is 0 Å². The molecule has 1 heterocycles. The van der Waals surface area contributed by atoms with E-state index in [0.29, 0.717) is 0 Å². The Labute approximate surface area is 128 Å². The Morgan fingerprint density at radius 1 is 0.818 bits per heavy atom. The topological polar surface area (TPSA) is 37.4 Å². The predicted molar refractivity (Wildman–Crippen MR) is 84.2 cm³/mol. The number of hydrogen-bond acceptors (Lipinski definition) is 2. The number of rotatable bonds is 1. The Kier molecular flexibility index (Phi) is 2.25. The zero-order valence-corrected chi connectivity index (χ0v) is 12.0. The quantitative estimate of drug-likeness (QED) is 0.597. The minimum Gasteiger partial charge on any atom is -0.274 e. The number of fused-ring (bicyclic) bond motifs is 6. The summed E-state index contributed by atoms with van der Waals surface area (Å²) in [5.74, 6) is 0.215. The first-order valence-corrected chi connectivity index (χ1v) is 7.79. The Morgan fingerprint density at radius 3 is 2.18 bits per heavy atom. The maximum atomic E-state index is 12.9. The number of imide groups is 1. The van der Waals surface area contributed by atoms with Crippen LogP contribution in [0.5, 0.6) is 0 Å². The molecule has 3 aliphatic rings. The molecular weight excluding hydrogens is 274 g/mol. The van der Waals surface area contributed by atoms with Gasteiger partial charge < -0.3 is 0 Å². The van der Waals surface area contributed by atoms with Gasteiger partial charge in [0.2, 0.25) is 11.8 Å². The number of allylic oxidation sites excluding steroid dienone is 2. The third-order valence-electron chi connectivity index (χ3n) is 5.48. The van der Waals surface area contributed by atoms with Crippen LogP contribution in [0.25, 0.3) is 10.8 Å². The first-order valence-electron chi connectivity index (χ1n) is 7.79. The molecule has 0 radical (unpaired) electrons. The van der Waals surface area contributed by atoms with Gasteiger partial charge in [0.05, 0.1) is 17.5 Å². The monoisotopic (exact) mass is 289 g/mol. The van der Waals surface area contributed by atoms with E-state index in [4.69, 9.17) is 0 Å². The lowest BCUT2D eigenvalue weighted by molar-refractivity contribution is -0.123. The van der Waals surface area contributed by atoms with E-state index in [1.807, 2.05) is 42.5 Å². The van der Waals surface area contributed by atoms with Gasteiger partial charge in [-0.1, -0.05) is 48.6 Å². The Morgan fingerprint density at radius 2 is 1.45 bits per heavy atom. The number of hydrogen-bond donors (Lipinski definition) is 0. The fourth-order valence-corrected chi connectivity index (χ4v) is 4.54. The van der Waals surface area contributed by atoms with Crippen LogP contribution < -0.4 is 4.90 Å². The molecule has 2 aliphatic carbocycles. The highest BCUT2D eigenvalue weighted by Gasteiger charge is 2.59. The molecule has 2 bridgehead atoms. The molecule has 0 N–H and O–H groups in total. The number of nitrogens with zero attached hydrogens (tertiary/aromatic N) is 1. The minimum absolute atomic E-state index is 0.0109. The Hall–Kier alpha value is -2.42. The van der Waals surface area contributed by atoms with Gasteiger partial charge in [0, 0.05) is 5.39 Å². The van der Waals surface area contributed by atoms with Crippen LogP contribution >= 0.6 is 0 Å². The summed E-state index contributed by atoms with van der Waals surface area (Å²) in [6.07, 6.45) is 5.23. The third-order valence-corrected chi connectivity index (χ3v) is 5.48. The van der Waals surface area contributed by atoms with Crippen LogP contribution in [0.4, 0.5) is 5.69 Å². The lowest BCUT2D eigenvalue weighted by atomic mass is 9.85. The molecule has 1 saturated carbocycles. The number of anilines is 1. The summed E-state index contributed by atoms with van der Waals surface area (Å²) >= 11 is 0. The molecule has 2 amide bonds. The van der Waals surface area contributed by atoms with Gasteiger partial charge >= 0.3 is 0 Å². The van der Waals surface area contributed by atoms with Gasteiger partial charge in [0.1, 0.15) is 0 Å².